The van der Waals surface area contributed by atoms with E-state index in [0.29, 0.717) is 30.3 Å². The van der Waals surface area contributed by atoms with Gasteiger partial charge < -0.3 is 14.8 Å². The predicted molar refractivity (Wildman–Crippen MR) is 133 cm³/mol. The fraction of sp³-hybridized carbons (Fsp3) is 0.333. The molecule has 1 aromatic heterocycles. The van der Waals surface area contributed by atoms with Crippen LogP contribution in [0.1, 0.15) is 41.3 Å². The maximum absolute atomic E-state index is 12.9. The van der Waals surface area contributed by atoms with Gasteiger partial charge in [-0.3, -0.25) is 14.7 Å². The Bertz CT molecular complexity index is 1070. The van der Waals surface area contributed by atoms with Crippen LogP contribution in [0.5, 0.6) is 11.5 Å². The van der Waals surface area contributed by atoms with Gasteiger partial charge in [-0.15, -0.1) is 0 Å². The maximum Gasteiger partial charge on any atom is 0.251 e. The second-order valence-electron chi connectivity index (χ2n) is 8.39. The van der Waals surface area contributed by atoms with Crippen molar-refractivity contribution >= 4 is 17.5 Å². The van der Waals surface area contributed by atoms with Crippen LogP contribution in [0.2, 0.25) is 5.02 Å². The maximum atomic E-state index is 12.9. The summed E-state index contributed by atoms with van der Waals surface area (Å²) >= 11 is 5.98. The Kier molecular flexibility index (Phi) is 8.39. The minimum absolute atomic E-state index is 0.0871. The zero-order valence-electron chi connectivity index (χ0n) is 19.4. The molecule has 3 aromatic rings. The summed E-state index contributed by atoms with van der Waals surface area (Å²) in [5, 5.41) is 3.94. The molecular weight excluding hydrogens is 450 g/mol. The van der Waals surface area contributed by atoms with Gasteiger partial charge in [0.05, 0.1) is 6.61 Å². The van der Waals surface area contributed by atoms with Crippen molar-refractivity contribution in [1.82, 2.24) is 15.2 Å². The first-order chi connectivity index (χ1) is 16.6. The number of nitrogens with one attached hydrogen (secondary N) is 1. The van der Waals surface area contributed by atoms with Crippen molar-refractivity contribution in [3.8, 4) is 11.5 Å². The molecule has 2 heterocycles. The molecule has 2 aromatic carbocycles. The largest absolute Gasteiger partial charge is 0.490 e. The number of likely N-dealkylation sites (tertiary alicyclic amines) is 1. The van der Waals surface area contributed by atoms with E-state index in [1.165, 1.54) is 5.56 Å². The summed E-state index contributed by atoms with van der Waals surface area (Å²) in [5.41, 5.74) is 2.79. The lowest BCUT2D eigenvalue weighted by atomic mass is 10.0. The number of benzene rings is 2. The Balaban J connectivity index is 1.30. The molecule has 1 amide bonds. The van der Waals surface area contributed by atoms with Crippen LogP contribution >= 0.6 is 11.6 Å². The number of piperidine rings is 1. The van der Waals surface area contributed by atoms with Gasteiger partial charge in [0.1, 0.15) is 6.61 Å². The lowest BCUT2D eigenvalue weighted by Crippen LogP contribution is -2.44. The van der Waals surface area contributed by atoms with E-state index in [1.807, 2.05) is 31.2 Å². The summed E-state index contributed by atoms with van der Waals surface area (Å²) in [4.78, 5) is 19.4. The molecule has 34 heavy (non-hydrogen) atoms. The van der Waals surface area contributed by atoms with Gasteiger partial charge in [0.15, 0.2) is 11.5 Å². The molecular formula is C27H30ClN3O3. The van der Waals surface area contributed by atoms with E-state index in [0.717, 1.165) is 43.1 Å². The third kappa shape index (κ3) is 6.72. The van der Waals surface area contributed by atoms with E-state index in [2.05, 4.69) is 27.3 Å². The molecule has 178 valence electrons. The number of ether oxygens (including phenoxy) is 2. The number of rotatable bonds is 9. The number of pyridine rings is 1. The number of hydrogen-bond acceptors (Lipinski definition) is 5. The van der Waals surface area contributed by atoms with Crippen molar-refractivity contribution in [2.75, 3.05) is 19.7 Å². The van der Waals surface area contributed by atoms with Crippen LogP contribution < -0.4 is 14.8 Å². The number of amides is 1. The van der Waals surface area contributed by atoms with Gasteiger partial charge in [0.2, 0.25) is 0 Å². The highest BCUT2D eigenvalue weighted by Crippen LogP contribution is 2.29. The monoisotopic (exact) mass is 479 g/mol. The van der Waals surface area contributed by atoms with Crippen molar-refractivity contribution in [3.63, 3.8) is 0 Å². The molecule has 1 N–H and O–H groups in total. The molecule has 1 saturated heterocycles. The quantitative estimate of drug-likeness (QED) is 0.462. The van der Waals surface area contributed by atoms with Crippen molar-refractivity contribution in [3.05, 3.63) is 88.7 Å². The standard InChI is InChI=1S/C27H30ClN3O3/c1-2-33-26-16-22(7-10-25(26)34-19-21-4-3-13-29-17-21)27(32)30-24-11-14-31(15-12-24)18-20-5-8-23(28)9-6-20/h3-10,13,16-17,24H,2,11-12,14-15,18-19H2,1H3,(H,30,32). The van der Waals surface area contributed by atoms with Gasteiger partial charge in [0, 0.05) is 54.2 Å². The Morgan fingerprint density at radius 3 is 2.56 bits per heavy atom. The average molecular weight is 480 g/mol. The summed E-state index contributed by atoms with van der Waals surface area (Å²) in [6, 6.07) is 17.3. The van der Waals surface area contributed by atoms with Crippen molar-refractivity contribution < 1.29 is 14.3 Å². The Morgan fingerprint density at radius 1 is 1.06 bits per heavy atom. The van der Waals surface area contributed by atoms with E-state index in [-0.39, 0.29) is 11.9 Å². The second-order valence-corrected chi connectivity index (χ2v) is 8.83. The Labute approximate surface area is 205 Å². The molecule has 0 radical (unpaired) electrons. The minimum atomic E-state index is -0.0871. The van der Waals surface area contributed by atoms with Crippen LogP contribution in [0.25, 0.3) is 0 Å². The smallest absolute Gasteiger partial charge is 0.251 e. The summed E-state index contributed by atoms with van der Waals surface area (Å²) in [6.07, 6.45) is 5.34. The number of halogens is 1. The number of carbonyl (C=O) groups excluding carboxylic acids is 1. The predicted octanol–water partition coefficient (Wildman–Crippen LogP) is 5.11. The fourth-order valence-corrected chi connectivity index (χ4v) is 4.16. The van der Waals surface area contributed by atoms with Crippen molar-refractivity contribution in [1.29, 1.82) is 0 Å². The summed E-state index contributed by atoms with van der Waals surface area (Å²) in [5.74, 6) is 1.09. The van der Waals surface area contributed by atoms with E-state index < -0.39 is 0 Å². The van der Waals surface area contributed by atoms with Crippen LogP contribution in [0.3, 0.4) is 0 Å². The SMILES string of the molecule is CCOc1cc(C(=O)NC2CCN(Cc3ccc(Cl)cc3)CC2)ccc1OCc1cccnc1. The third-order valence-corrected chi connectivity index (χ3v) is 6.12. The highest BCUT2D eigenvalue weighted by atomic mass is 35.5. The molecule has 7 heteroatoms. The minimum Gasteiger partial charge on any atom is -0.490 e. The molecule has 0 saturated carbocycles. The normalized spacial score (nSPS) is 14.5. The molecule has 1 aliphatic rings. The topological polar surface area (TPSA) is 63.7 Å². The highest BCUT2D eigenvalue weighted by molar-refractivity contribution is 6.30. The van der Waals surface area contributed by atoms with Crippen LogP contribution in [-0.2, 0) is 13.2 Å². The number of hydrogen-bond donors (Lipinski definition) is 1. The lowest BCUT2D eigenvalue weighted by molar-refractivity contribution is 0.0908. The molecule has 0 aliphatic carbocycles. The van der Waals surface area contributed by atoms with Crippen molar-refractivity contribution in [2.45, 2.75) is 39.0 Å². The molecule has 0 bridgehead atoms. The first-order valence-electron chi connectivity index (χ1n) is 11.7. The second kappa shape index (κ2) is 11.9. The van der Waals surface area contributed by atoms with E-state index >= 15 is 0 Å². The summed E-state index contributed by atoms with van der Waals surface area (Å²) in [7, 11) is 0. The van der Waals surface area contributed by atoms with Gasteiger partial charge in [-0.25, -0.2) is 0 Å². The average Bonchev–Trinajstić information content (AvgIpc) is 2.86. The van der Waals surface area contributed by atoms with Gasteiger partial charge in [-0.05, 0) is 61.7 Å². The third-order valence-electron chi connectivity index (χ3n) is 5.87. The van der Waals surface area contributed by atoms with Crippen molar-refractivity contribution in [2.24, 2.45) is 0 Å². The van der Waals surface area contributed by atoms with Crippen LogP contribution in [0, 0.1) is 0 Å². The van der Waals surface area contributed by atoms with Gasteiger partial charge in [-0.2, -0.15) is 0 Å². The van der Waals surface area contributed by atoms with Crippen LogP contribution in [0.15, 0.2) is 67.0 Å². The van der Waals surface area contributed by atoms with Gasteiger partial charge in [-0.1, -0.05) is 29.8 Å². The van der Waals surface area contributed by atoms with Crippen LogP contribution in [-0.4, -0.2) is 41.5 Å². The molecule has 0 unspecified atom stereocenters. The molecule has 0 spiro atoms. The molecule has 0 atom stereocenters. The molecule has 1 fully saturated rings. The highest BCUT2D eigenvalue weighted by Gasteiger charge is 2.22. The van der Waals surface area contributed by atoms with E-state index in [4.69, 9.17) is 21.1 Å². The Hall–Kier alpha value is -3.09. The van der Waals surface area contributed by atoms with Gasteiger partial charge >= 0.3 is 0 Å². The summed E-state index contributed by atoms with van der Waals surface area (Å²) < 4.78 is 11.7. The number of aromatic nitrogens is 1. The van der Waals surface area contributed by atoms with Gasteiger partial charge in [0.25, 0.3) is 5.91 Å². The zero-order valence-corrected chi connectivity index (χ0v) is 20.1. The molecule has 6 nitrogen and oxygen atoms in total. The fourth-order valence-electron chi connectivity index (χ4n) is 4.03. The zero-order chi connectivity index (χ0) is 23.8. The molecule has 1 aliphatic heterocycles. The van der Waals surface area contributed by atoms with E-state index in [1.54, 1.807) is 30.6 Å². The summed E-state index contributed by atoms with van der Waals surface area (Å²) in [6.45, 7) is 5.57. The Morgan fingerprint density at radius 2 is 1.85 bits per heavy atom. The first-order valence-corrected chi connectivity index (χ1v) is 12.0. The van der Waals surface area contributed by atoms with E-state index in [9.17, 15) is 4.79 Å². The molecule has 4 rings (SSSR count). The number of carbonyl (C=O) groups is 1. The number of nitrogens with zero attached hydrogens (tertiary/aromatic N) is 2. The first kappa shape index (κ1) is 24.0. The lowest BCUT2D eigenvalue weighted by Gasteiger charge is -2.32. The van der Waals surface area contributed by atoms with Crippen LogP contribution in [0.4, 0.5) is 0 Å².